The summed E-state index contributed by atoms with van der Waals surface area (Å²) in [5.41, 5.74) is 2.77. The van der Waals surface area contributed by atoms with E-state index in [0.29, 0.717) is 0 Å². The second kappa shape index (κ2) is 3.99. The lowest BCUT2D eigenvalue weighted by Gasteiger charge is -2.48. The molecule has 0 unspecified atom stereocenters. The molecule has 0 radical (unpaired) electrons. The molecule has 1 aromatic carbocycles. The topological polar surface area (TPSA) is 29.5 Å². The third kappa shape index (κ3) is 2.34. The van der Waals surface area contributed by atoms with Gasteiger partial charge in [0.25, 0.3) is 0 Å². The fourth-order valence-electron chi connectivity index (χ4n) is 3.22. The Morgan fingerprint density at radius 2 is 1.68 bits per heavy atom. The van der Waals surface area contributed by atoms with Crippen LogP contribution < -0.4 is 0 Å². The normalized spacial score (nSPS) is 20.1. The maximum Gasteiger partial charge on any atom is 0.410 e. The molecule has 1 saturated heterocycles. The summed E-state index contributed by atoms with van der Waals surface area (Å²) in [6.45, 7) is 7.39. The molecule has 3 nitrogen and oxygen atoms in total. The van der Waals surface area contributed by atoms with Gasteiger partial charge in [0.05, 0.1) is 0 Å². The highest BCUT2D eigenvalue weighted by molar-refractivity contribution is 5.69. The highest BCUT2D eigenvalue weighted by Crippen LogP contribution is 2.44. The number of rotatable bonds is 0. The molecule has 1 aliphatic carbocycles. The number of fused-ring (bicyclic) bond motifs is 1. The van der Waals surface area contributed by atoms with Crippen LogP contribution in [0.3, 0.4) is 0 Å². The van der Waals surface area contributed by atoms with Crippen molar-refractivity contribution >= 4 is 6.09 Å². The largest absolute Gasteiger partial charge is 0.444 e. The molecule has 19 heavy (non-hydrogen) atoms. The molecule has 102 valence electrons. The average Bonchev–Trinajstić information content (AvgIpc) is 2.63. The summed E-state index contributed by atoms with van der Waals surface area (Å²) in [7, 11) is 0. The molecule has 0 aromatic heterocycles. The Bertz CT molecular complexity index is 483. The Hall–Kier alpha value is -1.51. The van der Waals surface area contributed by atoms with E-state index in [1.54, 1.807) is 0 Å². The fraction of sp³-hybridized carbons (Fsp3) is 0.562. The van der Waals surface area contributed by atoms with E-state index in [4.69, 9.17) is 4.74 Å². The van der Waals surface area contributed by atoms with Crippen LogP contribution in [0.1, 0.15) is 31.9 Å². The van der Waals surface area contributed by atoms with Crippen molar-refractivity contribution < 1.29 is 9.53 Å². The Morgan fingerprint density at radius 3 is 2.16 bits per heavy atom. The summed E-state index contributed by atoms with van der Waals surface area (Å²) in [5.74, 6) is 0. The predicted molar refractivity (Wildman–Crippen MR) is 74.1 cm³/mol. The van der Waals surface area contributed by atoms with Crippen molar-refractivity contribution in [1.29, 1.82) is 0 Å². The summed E-state index contributed by atoms with van der Waals surface area (Å²) >= 11 is 0. The number of hydrogen-bond acceptors (Lipinski definition) is 2. The van der Waals surface area contributed by atoms with Crippen LogP contribution in [0.2, 0.25) is 0 Å². The van der Waals surface area contributed by atoms with Crippen LogP contribution in [0, 0.1) is 5.41 Å². The average molecular weight is 259 g/mol. The highest BCUT2D eigenvalue weighted by atomic mass is 16.6. The molecule has 3 rings (SSSR count). The molecule has 1 spiro atoms. The first-order valence-electron chi connectivity index (χ1n) is 6.92. The van der Waals surface area contributed by atoms with Gasteiger partial charge in [-0.1, -0.05) is 24.3 Å². The van der Waals surface area contributed by atoms with Crippen LogP contribution >= 0.6 is 0 Å². The van der Waals surface area contributed by atoms with Gasteiger partial charge in [0, 0.05) is 18.5 Å². The summed E-state index contributed by atoms with van der Waals surface area (Å²) in [5, 5.41) is 0. The lowest BCUT2D eigenvalue weighted by atomic mass is 9.77. The van der Waals surface area contributed by atoms with Gasteiger partial charge in [-0.05, 0) is 44.7 Å². The highest BCUT2D eigenvalue weighted by Gasteiger charge is 2.49. The van der Waals surface area contributed by atoms with Gasteiger partial charge in [-0.25, -0.2) is 4.79 Å². The SMILES string of the molecule is CC(C)(C)OC(=O)N1CC2(Cc3ccccc3C2)C1. The summed E-state index contributed by atoms with van der Waals surface area (Å²) < 4.78 is 5.41. The number of carbonyl (C=O) groups excluding carboxylic acids is 1. The third-order valence-electron chi connectivity index (χ3n) is 3.95. The molecule has 1 aliphatic heterocycles. The third-order valence-corrected chi connectivity index (χ3v) is 3.95. The summed E-state index contributed by atoms with van der Waals surface area (Å²) in [6, 6.07) is 8.62. The van der Waals surface area contributed by atoms with Crippen LogP contribution in [-0.2, 0) is 17.6 Å². The fourth-order valence-corrected chi connectivity index (χ4v) is 3.22. The van der Waals surface area contributed by atoms with Crippen molar-refractivity contribution in [3.63, 3.8) is 0 Å². The summed E-state index contributed by atoms with van der Waals surface area (Å²) in [4.78, 5) is 13.8. The standard InChI is InChI=1S/C16H21NO2/c1-15(2,3)19-14(18)17-10-16(11-17)8-12-6-4-5-7-13(12)9-16/h4-7H,8-11H2,1-3H3. The minimum absolute atomic E-state index is 0.172. The van der Waals surface area contributed by atoms with Crippen molar-refractivity contribution in [2.75, 3.05) is 13.1 Å². The molecule has 3 heteroatoms. The number of ether oxygens (including phenoxy) is 1. The van der Waals surface area contributed by atoms with E-state index in [-0.39, 0.29) is 11.5 Å². The van der Waals surface area contributed by atoms with Crippen LogP contribution in [0.25, 0.3) is 0 Å². The van der Waals surface area contributed by atoms with Gasteiger partial charge in [0.2, 0.25) is 0 Å². The first-order valence-corrected chi connectivity index (χ1v) is 6.92. The maximum atomic E-state index is 12.0. The monoisotopic (exact) mass is 259 g/mol. The zero-order valence-corrected chi connectivity index (χ0v) is 11.9. The molecule has 0 saturated carbocycles. The molecule has 2 aliphatic rings. The minimum Gasteiger partial charge on any atom is -0.444 e. The number of hydrogen-bond donors (Lipinski definition) is 0. The Labute approximate surface area is 114 Å². The molecule has 1 amide bonds. The zero-order valence-electron chi connectivity index (χ0n) is 11.9. The van der Waals surface area contributed by atoms with E-state index in [1.807, 2.05) is 25.7 Å². The molecule has 0 N–H and O–H groups in total. The molecule has 1 aromatic rings. The van der Waals surface area contributed by atoms with E-state index in [9.17, 15) is 4.79 Å². The van der Waals surface area contributed by atoms with E-state index in [1.165, 1.54) is 11.1 Å². The number of benzene rings is 1. The van der Waals surface area contributed by atoms with Crippen molar-refractivity contribution in [3.05, 3.63) is 35.4 Å². The van der Waals surface area contributed by atoms with E-state index < -0.39 is 5.60 Å². The number of nitrogens with zero attached hydrogens (tertiary/aromatic N) is 1. The second-order valence-electron chi connectivity index (χ2n) is 6.96. The maximum absolute atomic E-state index is 12.0. The van der Waals surface area contributed by atoms with Gasteiger partial charge >= 0.3 is 6.09 Å². The Balaban J connectivity index is 1.61. The number of likely N-dealkylation sites (tertiary alicyclic amines) is 1. The van der Waals surface area contributed by atoms with E-state index in [0.717, 1.165) is 25.9 Å². The molecule has 1 heterocycles. The molecular weight excluding hydrogens is 238 g/mol. The van der Waals surface area contributed by atoms with Gasteiger partial charge in [-0.15, -0.1) is 0 Å². The first kappa shape index (κ1) is 12.5. The molecule has 0 bridgehead atoms. The van der Waals surface area contributed by atoms with Gasteiger partial charge in [0.15, 0.2) is 0 Å². The van der Waals surface area contributed by atoms with Gasteiger partial charge in [0.1, 0.15) is 5.60 Å². The number of amides is 1. The van der Waals surface area contributed by atoms with Crippen molar-refractivity contribution in [2.24, 2.45) is 5.41 Å². The molecule has 1 fully saturated rings. The number of carbonyl (C=O) groups is 1. The van der Waals surface area contributed by atoms with Gasteiger partial charge in [-0.3, -0.25) is 0 Å². The van der Waals surface area contributed by atoms with Crippen molar-refractivity contribution in [2.45, 2.75) is 39.2 Å². The van der Waals surface area contributed by atoms with Crippen molar-refractivity contribution in [1.82, 2.24) is 4.90 Å². The van der Waals surface area contributed by atoms with Crippen LogP contribution in [-0.4, -0.2) is 29.7 Å². The molecular formula is C16H21NO2. The predicted octanol–water partition coefficient (Wildman–Crippen LogP) is 3.02. The first-order chi connectivity index (χ1) is 8.87. The van der Waals surface area contributed by atoms with Crippen LogP contribution in [0.4, 0.5) is 4.79 Å². The van der Waals surface area contributed by atoms with E-state index >= 15 is 0 Å². The van der Waals surface area contributed by atoms with Gasteiger partial charge in [-0.2, -0.15) is 0 Å². The lowest BCUT2D eigenvalue weighted by molar-refractivity contribution is -0.0306. The second-order valence-corrected chi connectivity index (χ2v) is 6.96. The quantitative estimate of drug-likeness (QED) is 0.716. The van der Waals surface area contributed by atoms with Crippen LogP contribution in [0.5, 0.6) is 0 Å². The minimum atomic E-state index is -0.404. The smallest absolute Gasteiger partial charge is 0.410 e. The Kier molecular flexibility index (Phi) is 2.63. The molecule has 0 atom stereocenters. The summed E-state index contributed by atoms with van der Waals surface area (Å²) in [6.07, 6.45) is 2.03. The van der Waals surface area contributed by atoms with Gasteiger partial charge < -0.3 is 9.64 Å². The lowest BCUT2D eigenvalue weighted by Crippen LogP contribution is -2.59. The van der Waals surface area contributed by atoms with E-state index in [2.05, 4.69) is 24.3 Å². The van der Waals surface area contributed by atoms with Crippen LogP contribution in [0.15, 0.2) is 24.3 Å². The van der Waals surface area contributed by atoms with Crippen molar-refractivity contribution in [3.8, 4) is 0 Å². The Morgan fingerprint density at radius 1 is 1.16 bits per heavy atom. The zero-order chi connectivity index (χ0) is 13.7.